The van der Waals surface area contributed by atoms with E-state index in [-0.39, 0.29) is 18.4 Å². The first-order chi connectivity index (χ1) is 8.60. The summed E-state index contributed by atoms with van der Waals surface area (Å²) in [6.07, 6.45) is 0.723. The average Bonchev–Trinajstić information content (AvgIpc) is 2.36. The van der Waals surface area contributed by atoms with E-state index < -0.39 is 0 Å². The Morgan fingerprint density at radius 1 is 1.33 bits per heavy atom. The van der Waals surface area contributed by atoms with Gasteiger partial charge >= 0.3 is 11.9 Å². The van der Waals surface area contributed by atoms with Crippen LogP contribution in [0.25, 0.3) is 0 Å². The third-order valence-corrected chi connectivity index (χ3v) is 3.30. The zero-order valence-corrected chi connectivity index (χ0v) is 12.5. The summed E-state index contributed by atoms with van der Waals surface area (Å²) in [5, 5.41) is 0. The van der Waals surface area contributed by atoms with Gasteiger partial charge in [-0.05, 0) is 47.6 Å². The topological polar surface area (TPSA) is 52.6 Å². The van der Waals surface area contributed by atoms with Gasteiger partial charge < -0.3 is 9.47 Å². The van der Waals surface area contributed by atoms with E-state index in [0.717, 1.165) is 9.13 Å². The molecule has 0 radical (unpaired) electrons. The van der Waals surface area contributed by atoms with Gasteiger partial charge in [0.15, 0.2) is 0 Å². The number of hydrogen-bond acceptors (Lipinski definition) is 4. The first kappa shape index (κ1) is 14.9. The normalized spacial score (nSPS) is 9.94. The van der Waals surface area contributed by atoms with Crippen LogP contribution < -0.4 is 0 Å². The van der Waals surface area contributed by atoms with Crippen molar-refractivity contribution < 1.29 is 19.1 Å². The van der Waals surface area contributed by atoms with Crippen molar-refractivity contribution in [3.05, 3.63) is 32.9 Å². The Morgan fingerprint density at radius 3 is 2.67 bits per heavy atom. The second kappa shape index (κ2) is 7.35. The Hall–Kier alpha value is -1.11. The molecule has 5 heteroatoms. The number of esters is 2. The Bertz CT molecular complexity index is 443. The molecule has 0 bridgehead atoms. The highest BCUT2D eigenvalue weighted by atomic mass is 127. The van der Waals surface area contributed by atoms with E-state index in [2.05, 4.69) is 27.3 Å². The van der Waals surface area contributed by atoms with Crippen LogP contribution in [0.4, 0.5) is 0 Å². The van der Waals surface area contributed by atoms with Crippen LogP contribution in [0.2, 0.25) is 0 Å². The van der Waals surface area contributed by atoms with Crippen molar-refractivity contribution in [1.29, 1.82) is 0 Å². The summed E-state index contributed by atoms with van der Waals surface area (Å²) >= 11 is 2.09. The summed E-state index contributed by atoms with van der Waals surface area (Å²) in [7, 11) is 1.35. The first-order valence-corrected chi connectivity index (χ1v) is 6.69. The summed E-state index contributed by atoms with van der Waals surface area (Å²) < 4.78 is 10.4. The van der Waals surface area contributed by atoms with Gasteiger partial charge in [-0.25, -0.2) is 4.79 Å². The Morgan fingerprint density at radius 2 is 2.06 bits per heavy atom. The van der Waals surface area contributed by atoms with Gasteiger partial charge in [0.25, 0.3) is 0 Å². The smallest absolute Gasteiger partial charge is 0.339 e. The molecule has 0 aromatic heterocycles. The second-order valence-electron chi connectivity index (χ2n) is 3.57. The molecule has 0 N–H and O–H groups in total. The van der Waals surface area contributed by atoms with Gasteiger partial charge in [0.1, 0.15) is 0 Å². The highest BCUT2D eigenvalue weighted by Crippen LogP contribution is 2.20. The Labute approximate surface area is 120 Å². The molecule has 0 unspecified atom stereocenters. The van der Waals surface area contributed by atoms with Gasteiger partial charge in [-0.15, -0.1) is 0 Å². The molecule has 0 atom stereocenters. The van der Waals surface area contributed by atoms with E-state index in [4.69, 9.17) is 4.74 Å². The largest absolute Gasteiger partial charge is 0.469 e. The molecule has 18 heavy (non-hydrogen) atoms. The van der Waals surface area contributed by atoms with Crippen LogP contribution in [0.5, 0.6) is 0 Å². The molecule has 1 aromatic rings. The number of ether oxygens (including phenoxy) is 2. The summed E-state index contributed by atoms with van der Waals surface area (Å²) in [4.78, 5) is 23.0. The molecular weight excluding hydrogens is 347 g/mol. The van der Waals surface area contributed by atoms with Gasteiger partial charge in [-0.1, -0.05) is 12.1 Å². The lowest BCUT2D eigenvalue weighted by atomic mass is 10.0. The number of hydrogen-bond donors (Lipinski definition) is 0. The van der Waals surface area contributed by atoms with E-state index >= 15 is 0 Å². The third-order valence-electron chi connectivity index (χ3n) is 2.41. The fourth-order valence-corrected chi connectivity index (χ4v) is 2.32. The molecule has 0 saturated carbocycles. The molecule has 0 aliphatic heterocycles. The van der Waals surface area contributed by atoms with Crippen LogP contribution in [0, 0.1) is 3.57 Å². The molecule has 0 fully saturated rings. The van der Waals surface area contributed by atoms with E-state index in [0.29, 0.717) is 18.6 Å². The molecule has 1 rings (SSSR count). The predicted molar refractivity (Wildman–Crippen MR) is 75.5 cm³/mol. The van der Waals surface area contributed by atoms with Crippen molar-refractivity contribution in [3.8, 4) is 0 Å². The van der Waals surface area contributed by atoms with Crippen molar-refractivity contribution in [2.45, 2.75) is 19.8 Å². The lowest BCUT2D eigenvalue weighted by Gasteiger charge is -2.10. The molecule has 0 aliphatic carbocycles. The number of benzene rings is 1. The fourth-order valence-electron chi connectivity index (χ4n) is 1.55. The molecule has 1 aromatic carbocycles. The van der Waals surface area contributed by atoms with Crippen molar-refractivity contribution in [2.24, 2.45) is 0 Å². The molecule has 0 saturated heterocycles. The Balaban J connectivity index is 2.93. The van der Waals surface area contributed by atoms with E-state index in [1.165, 1.54) is 7.11 Å². The van der Waals surface area contributed by atoms with E-state index in [1.54, 1.807) is 6.92 Å². The molecule has 0 spiro atoms. The van der Waals surface area contributed by atoms with Gasteiger partial charge in [0.2, 0.25) is 0 Å². The molecule has 4 nitrogen and oxygen atoms in total. The minimum Gasteiger partial charge on any atom is -0.469 e. The zero-order chi connectivity index (χ0) is 13.5. The minimum absolute atomic E-state index is 0.253. The van der Waals surface area contributed by atoms with Crippen LogP contribution in [0.1, 0.15) is 29.3 Å². The highest BCUT2D eigenvalue weighted by molar-refractivity contribution is 14.1. The van der Waals surface area contributed by atoms with Crippen LogP contribution >= 0.6 is 22.6 Å². The monoisotopic (exact) mass is 362 g/mol. The number of aryl methyl sites for hydroxylation is 1. The summed E-state index contributed by atoms with van der Waals surface area (Å²) in [5.74, 6) is -0.633. The fraction of sp³-hybridized carbons (Fsp3) is 0.385. The summed E-state index contributed by atoms with van der Waals surface area (Å²) in [6, 6.07) is 5.53. The Kier molecular flexibility index (Phi) is 6.11. The standard InChI is InChI=1S/C13H15IO4/c1-3-18-13(16)12-9(5-4-6-10(12)14)7-8-11(15)17-2/h4-6H,3,7-8H2,1-2H3. The number of halogens is 1. The van der Waals surface area contributed by atoms with Crippen LogP contribution in [0.3, 0.4) is 0 Å². The highest BCUT2D eigenvalue weighted by Gasteiger charge is 2.16. The SMILES string of the molecule is CCOC(=O)c1c(I)cccc1CCC(=O)OC. The molecule has 0 aliphatic rings. The molecule has 0 heterocycles. The second-order valence-corrected chi connectivity index (χ2v) is 4.73. The van der Waals surface area contributed by atoms with Crippen molar-refractivity contribution in [3.63, 3.8) is 0 Å². The molecule has 0 amide bonds. The number of carbonyl (C=O) groups excluding carboxylic acids is 2. The van der Waals surface area contributed by atoms with Gasteiger partial charge in [-0.3, -0.25) is 4.79 Å². The molecular formula is C13H15IO4. The van der Waals surface area contributed by atoms with Crippen molar-refractivity contribution in [2.75, 3.05) is 13.7 Å². The maximum Gasteiger partial charge on any atom is 0.339 e. The maximum atomic E-state index is 11.9. The van der Waals surface area contributed by atoms with Crippen LogP contribution in [-0.2, 0) is 20.7 Å². The minimum atomic E-state index is -0.345. The average molecular weight is 362 g/mol. The third kappa shape index (κ3) is 3.97. The quantitative estimate of drug-likeness (QED) is 0.597. The number of carbonyl (C=O) groups is 2. The zero-order valence-electron chi connectivity index (χ0n) is 10.4. The number of rotatable bonds is 5. The maximum absolute atomic E-state index is 11.9. The van der Waals surface area contributed by atoms with E-state index in [1.807, 2.05) is 18.2 Å². The van der Waals surface area contributed by atoms with Crippen LogP contribution in [0.15, 0.2) is 18.2 Å². The van der Waals surface area contributed by atoms with Gasteiger partial charge in [0, 0.05) is 9.99 Å². The molecule has 98 valence electrons. The van der Waals surface area contributed by atoms with Gasteiger partial charge in [0.05, 0.1) is 19.3 Å². The first-order valence-electron chi connectivity index (χ1n) is 5.61. The van der Waals surface area contributed by atoms with Gasteiger partial charge in [-0.2, -0.15) is 0 Å². The number of methoxy groups -OCH3 is 1. The lowest BCUT2D eigenvalue weighted by Crippen LogP contribution is -2.12. The lowest BCUT2D eigenvalue weighted by molar-refractivity contribution is -0.140. The van der Waals surface area contributed by atoms with Crippen LogP contribution in [-0.4, -0.2) is 25.7 Å². The van der Waals surface area contributed by atoms with E-state index in [9.17, 15) is 9.59 Å². The predicted octanol–water partition coefficient (Wildman–Crippen LogP) is 2.57. The summed E-state index contributed by atoms with van der Waals surface area (Å²) in [5.41, 5.74) is 1.36. The van der Waals surface area contributed by atoms with Crippen molar-refractivity contribution >= 4 is 34.5 Å². The van der Waals surface area contributed by atoms with Crippen molar-refractivity contribution in [1.82, 2.24) is 0 Å². The summed E-state index contributed by atoms with van der Waals surface area (Å²) in [6.45, 7) is 2.10.